The van der Waals surface area contributed by atoms with E-state index in [9.17, 15) is 47.9 Å². The lowest BCUT2D eigenvalue weighted by Crippen LogP contribution is -2.61. The lowest BCUT2D eigenvalue weighted by Gasteiger charge is -2.30. The van der Waals surface area contributed by atoms with E-state index in [1.807, 2.05) is 52.0 Å². The van der Waals surface area contributed by atoms with Crippen LogP contribution < -0.4 is 82.7 Å². The molecule has 0 bridgehead atoms. The number of H-pyrrole nitrogens is 1. The molecule has 26 heteroatoms. The first-order valence-electron chi connectivity index (χ1n) is 30.0. The highest BCUT2D eigenvalue weighted by atomic mass is 16.2. The summed E-state index contributed by atoms with van der Waals surface area (Å²) in [5, 5.41) is 22.8. The first kappa shape index (κ1) is 73.4. The van der Waals surface area contributed by atoms with Crippen molar-refractivity contribution in [1.82, 2.24) is 47.5 Å². The molecule has 10 amide bonds. The van der Waals surface area contributed by atoms with Crippen LogP contribution in [-0.4, -0.2) is 145 Å². The molecule has 84 heavy (non-hydrogen) atoms. The molecule has 0 aliphatic heterocycles. The smallest absolute Gasteiger partial charge is 0.243 e. The Morgan fingerprint density at radius 3 is 1.33 bits per heavy atom. The molecule has 474 valence electrons. The normalized spacial score (nSPS) is 15.0. The van der Waals surface area contributed by atoms with Gasteiger partial charge >= 0.3 is 0 Å². The van der Waals surface area contributed by atoms with Crippen molar-refractivity contribution in [2.45, 2.75) is 211 Å². The Morgan fingerprint density at radius 1 is 0.464 bits per heavy atom. The predicted molar refractivity (Wildman–Crippen MR) is 323 cm³/mol. The van der Waals surface area contributed by atoms with Crippen LogP contribution in [0.25, 0.3) is 10.9 Å². The number of aromatic amines is 1. The van der Waals surface area contributed by atoms with Crippen LogP contribution in [0.3, 0.4) is 0 Å². The zero-order chi connectivity index (χ0) is 62.9. The minimum absolute atomic E-state index is 0.0631. The Hall–Kier alpha value is -6.74. The highest BCUT2D eigenvalue weighted by molar-refractivity contribution is 5.99. The summed E-state index contributed by atoms with van der Waals surface area (Å²) in [4.78, 5) is 141. The fourth-order valence-electron chi connectivity index (χ4n) is 9.49. The zero-order valence-electron chi connectivity index (χ0n) is 50.5. The number of hydrogen-bond donors (Lipinski definition) is 16. The molecule has 1 heterocycles. The maximum absolute atomic E-state index is 14.7. The largest absolute Gasteiger partial charge is 0.370 e. The van der Waals surface area contributed by atoms with Gasteiger partial charge in [-0.05, 0) is 145 Å². The predicted octanol–water partition coefficient (Wildman–Crippen LogP) is -0.679. The van der Waals surface area contributed by atoms with Gasteiger partial charge < -0.3 is 87.7 Å². The summed E-state index contributed by atoms with van der Waals surface area (Å²) in [7, 11) is 0. The van der Waals surface area contributed by atoms with Crippen LogP contribution in [0.1, 0.15) is 156 Å². The van der Waals surface area contributed by atoms with Gasteiger partial charge in [0.15, 0.2) is 0 Å². The Balaban J connectivity index is 2.53. The fourth-order valence-corrected chi connectivity index (χ4v) is 9.49. The van der Waals surface area contributed by atoms with Crippen molar-refractivity contribution >= 4 is 70.0 Å². The maximum Gasteiger partial charge on any atom is 0.243 e. The van der Waals surface area contributed by atoms with E-state index in [1.54, 1.807) is 20.0 Å². The van der Waals surface area contributed by atoms with Gasteiger partial charge in [0.05, 0.1) is 6.04 Å². The molecule has 10 atom stereocenters. The zero-order valence-corrected chi connectivity index (χ0v) is 50.5. The van der Waals surface area contributed by atoms with E-state index in [0.29, 0.717) is 96.0 Å². The molecule has 2 rings (SSSR count). The van der Waals surface area contributed by atoms with E-state index in [4.69, 9.17) is 40.1 Å². The topological polar surface area (TPSA) is 465 Å². The van der Waals surface area contributed by atoms with Crippen molar-refractivity contribution < 1.29 is 47.9 Å². The number of para-hydroxylation sites is 1. The van der Waals surface area contributed by atoms with Crippen molar-refractivity contribution in [3.63, 3.8) is 0 Å². The van der Waals surface area contributed by atoms with Gasteiger partial charge in [0.1, 0.15) is 48.3 Å². The molecule has 0 aliphatic rings. The lowest BCUT2D eigenvalue weighted by molar-refractivity contribution is -0.137. The molecule has 23 N–H and O–H groups in total. The minimum atomic E-state index is -1.46. The fraction of sp³-hybridized carbons (Fsp3) is 0.690. The van der Waals surface area contributed by atoms with Crippen molar-refractivity contribution in [1.29, 1.82) is 0 Å². The van der Waals surface area contributed by atoms with Crippen molar-refractivity contribution in [3.8, 4) is 0 Å². The number of fused-ring (bicyclic) bond motifs is 1. The number of rotatable bonds is 44. The number of aromatic nitrogens is 1. The van der Waals surface area contributed by atoms with Crippen molar-refractivity contribution in [2.24, 2.45) is 57.9 Å². The number of primary amides is 2. The number of nitrogens with one attached hydrogen (secondary N) is 9. The molecule has 26 nitrogen and oxygen atoms in total. The third kappa shape index (κ3) is 26.9. The molecule has 0 radical (unpaired) electrons. The average Bonchev–Trinajstić information content (AvgIpc) is 3.90. The third-order valence-electron chi connectivity index (χ3n) is 14.6. The summed E-state index contributed by atoms with van der Waals surface area (Å²) in [6, 6.07) is -3.46. The number of amides is 10. The average molecular weight is 1180 g/mol. The van der Waals surface area contributed by atoms with Gasteiger partial charge in [-0.15, -0.1) is 0 Å². The Kier molecular flexibility index (Phi) is 34.7. The molecule has 0 saturated heterocycles. The van der Waals surface area contributed by atoms with Gasteiger partial charge in [-0.25, -0.2) is 0 Å². The van der Waals surface area contributed by atoms with Gasteiger partial charge in [0, 0.05) is 29.9 Å². The van der Waals surface area contributed by atoms with Gasteiger partial charge in [0.25, 0.3) is 0 Å². The van der Waals surface area contributed by atoms with Crippen molar-refractivity contribution in [2.75, 3.05) is 26.2 Å². The highest BCUT2D eigenvalue weighted by Gasteiger charge is 2.37. The number of unbranched alkanes of at least 4 members (excludes halogenated alkanes) is 4. The van der Waals surface area contributed by atoms with Crippen LogP contribution in [-0.2, 0) is 54.4 Å². The van der Waals surface area contributed by atoms with Crippen molar-refractivity contribution in [3.05, 3.63) is 36.0 Å². The second-order valence-electron chi connectivity index (χ2n) is 22.8. The number of carbonyl (C=O) groups excluding carboxylic acids is 10. The highest BCUT2D eigenvalue weighted by Crippen LogP contribution is 2.21. The molecule has 0 unspecified atom stereocenters. The van der Waals surface area contributed by atoms with E-state index < -0.39 is 119 Å². The van der Waals surface area contributed by atoms with Crippen LogP contribution in [0.2, 0.25) is 0 Å². The maximum atomic E-state index is 14.7. The molecule has 2 aromatic rings. The molecule has 0 aliphatic carbocycles. The van der Waals surface area contributed by atoms with Gasteiger partial charge in [0.2, 0.25) is 59.1 Å². The minimum Gasteiger partial charge on any atom is -0.370 e. The number of carbonyl (C=O) groups is 10. The summed E-state index contributed by atoms with van der Waals surface area (Å²) in [6.45, 7) is 12.3. The van der Waals surface area contributed by atoms with Gasteiger partial charge in [-0.1, -0.05) is 72.6 Å². The molecule has 0 spiro atoms. The van der Waals surface area contributed by atoms with E-state index in [0.717, 1.165) is 10.9 Å². The Bertz CT molecular complexity index is 2400. The number of nitrogens with two attached hydrogens (primary N) is 7. The molecule has 1 aromatic heterocycles. The summed E-state index contributed by atoms with van der Waals surface area (Å²) in [6.07, 6.45) is 6.78. The van der Waals surface area contributed by atoms with E-state index in [-0.39, 0.29) is 63.2 Å². The quantitative estimate of drug-likeness (QED) is 0.0366. The molecule has 1 aromatic carbocycles. The second kappa shape index (κ2) is 39.7. The Labute approximate surface area is 495 Å². The molecular weight excluding hydrogens is 1080 g/mol. The first-order valence-corrected chi connectivity index (χ1v) is 30.0. The molecular formula is C58H102N16O10. The van der Waals surface area contributed by atoms with E-state index >= 15 is 0 Å². The van der Waals surface area contributed by atoms with Crippen LogP contribution in [0.5, 0.6) is 0 Å². The van der Waals surface area contributed by atoms with Crippen LogP contribution in [0.15, 0.2) is 30.5 Å². The lowest BCUT2D eigenvalue weighted by atomic mass is 9.95. The van der Waals surface area contributed by atoms with Crippen LogP contribution >= 0.6 is 0 Å². The van der Waals surface area contributed by atoms with Crippen LogP contribution in [0, 0.1) is 17.8 Å². The molecule has 0 saturated carbocycles. The summed E-state index contributed by atoms with van der Waals surface area (Å²) in [5.41, 5.74) is 41.6. The SMILES string of the molecule is CC[C@H](C)[C@@H](NC(=O)[C@@H](CCC(N)=O)NC(=O)[C@@H](CC(C)C)NC(=O)[C@@H](CCCCN)NC(=O)[C@H](N)CCCCN)C(=O)N[C@H](CC(C)C)C(=O)N[C@H](Cc1c[nH]c2ccccc12)C(=O)N[C@H](CCCCN)C(=O)N[C@H](CCCCN)C(N)=O. The summed E-state index contributed by atoms with van der Waals surface area (Å²) < 4.78 is 0. The van der Waals surface area contributed by atoms with Gasteiger partial charge in [-0.2, -0.15) is 0 Å². The third-order valence-corrected chi connectivity index (χ3v) is 14.6. The van der Waals surface area contributed by atoms with E-state index in [2.05, 4.69) is 47.5 Å². The number of hydrogen-bond acceptors (Lipinski definition) is 15. The Morgan fingerprint density at radius 2 is 0.857 bits per heavy atom. The first-order chi connectivity index (χ1) is 39.9. The summed E-state index contributed by atoms with van der Waals surface area (Å²) >= 11 is 0. The second-order valence-corrected chi connectivity index (χ2v) is 22.8. The van der Waals surface area contributed by atoms with Gasteiger partial charge in [-0.3, -0.25) is 47.9 Å². The van der Waals surface area contributed by atoms with E-state index in [1.165, 1.54) is 0 Å². The summed E-state index contributed by atoms with van der Waals surface area (Å²) in [5.74, 6) is -8.25. The standard InChI is InChI=1S/C58H102N16O10/c1-7-36(6)49(74-54(80)44(24-25-48(64)75)70-55(81)45(30-34(2)3)71-53(79)42(22-12-16-28-61)68-51(77)39(63)19-10-14-26-59)58(84)73-46(31-35(4)5)56(82)72-47(32-37-33-66-40-20-9-8-18-38(37)40)57(83)69-43(23-13-17-29-62)52(78)67-41(50(65)76)21-11-15-27-60/h8-9,18,20,33-36,39,41-47,49,66H,7,10-17,19,21-32,59-63H2,1-6H3,(H2,64,75)(H2,65,76)(H,67,78)(H,68,77)(H,69,83)(H,70,81)(H,71,79)(H,72,82)(H,73,84)(H,74,80)/t36-,39+,41+,42+,43+,44+,45+,46+,47+,49+/m0/s1. The van der Waals surface area contributed by atoms with Crippen LogP contribution in [0.4, 0.5) is 0 Å². The number of benzene rings is 1. The molecule has 0 fully saturated rings. The monoisotopic (exact) mass is 1180 g/mol.